The zero-order valence-electron chi connectivity index (χ0n) is 17.3. The molecule has 2 aromatic rings. The third kappa shape index (κ3) is 4.42. The molecule has 0 spiro atoms. The van der Waals surface area contributed by atoms with Crippen molar-refractivity contribution in [3.8, 4) is 0 Å². The minimum absolute atomic E-state index is 0.0480. The summed E-state index contributed by atoms with van der Waals surface area (Å²) in [7, 11) is 0. The Morgan fingerprint density at radius 3 is 2.50 bits per heavy atom. The first-order valence-electron chi connectivity index (χ1n) is 11.5. The van der Waals surface area contributed by atoms with Crippen molar-refractivity contribution >= 4 is 16.9 Å². The molecule has 0 aliphatic heterocycles. The Balaban J connectivity index is 1.50. The maximum absolute atomic E-state index is 12.8. The molecule has 2 saturated carbocycles. The van der Waals surface area contributed by atoms with E-state index in [0.29, 0.717) is 0 Å². The van der Waals surface area contributed by atoms with Gasteiger partial charge in [-0.1, -0.05) is 63.5 Å². The number of fused-ring (bicyclic) bond motifs is 1. The number of carbonyl (C=O) groups is 1. The van der Waals surface area contributed by atoms with Gasteiger partial charge in [0.2, 0.25) is 5.91 Å². The Morgan fingerprint density at radius 1 is 1.07 bits per heavy atom. The first-order valence-corrected chi connectivity index (χ1v) is 11.5. The van der Waals surface area contributed by atoms with Gasteiger partial charge in [-0.2, -0.15) is 0 Å². The predicted octanol–water partition coefficient (Wildman–Crippen LogP) is 5.76. The first kappa shape index (κ1) is 19.5. The molecule has 2 aliphatic carbocycles. The van der Waals surface area contributed by atoms with E-state index >= 15 is 0 Å². The van der Waals surface area contributed by atoms with Gasteiger partial charge in [0, 0.05) is 12.5 Å². The topological polar surface area (TPSA) is 46.9 Å². The van der Waals surface area contributed by atoms with E-state index in [0.717, 1.165) is 36.6 Å². The van der Waals surface area contributed by atoms with Crippen LogP contribution in [0.5, 0.6) is 0 Å². The molecule has 28 heavy (non-hydrogen) atoms. The second-order valence-corrected chi connectivity index (χ2v) is 8.97. The number of nitrogens with one attached hydrogen (secondary N) is 1. The maximum Gasteiger partial charge on any atom is 0.223 e. The van der Waals surface area contributed by atoms with Crippen LogP contribution in [0.15, 0.2) is 24.3 Å². The first-order chi connectivity index (χ1) is 13.7. The van der Waals surface area contributed by atoms with Crippen molar-refractivity contribution in [2.45, 2.75) is 90.1 Å². The van der Waals surface area contributed by atoms with Crippen molar-refractivity contribution < 1.29 is 4.79 Å². The average Bonchev–Trinajstić information content (AvgIpc) is 3.12. The molecular weight excluding hydrogens is 346 g/mol. The van der Waals surface area contributed by atoms with Crippen molar-refractivity contribution in [3.05, 3.63) is 30.1 Å². The standard InChI is InChI=1S/C24H35N3O/c1-18(25-24(28)20-12-6-3-7-13-20)23-26-21-14-8-9-15-22(21)27(23)17-16-19-10-4-2-5-11-19/h8-9,14-15,18-20H,2-7,10-13,16-17H2,1H3,(H,25,28). The van der Waals surface area contributed by atoms with Crippen molar-refractivity contribution in [1.29, 1.82) is 0 Å². The summed E-state index contributed by atoms with van der Waals surface area (Å²) in [5, 5.41) is 3.28. The monoisotopic (exact) mass is 381 g/mol. The van der Waals surface area contributed by atoms with Crippen molar-refractivity contribution in [3.63, 3.8) is 0 Å². The molecule has 1 heterocycles. The number of nitrogens with zero attached hydrogens (tertiary/aromatic N) is 2. The molecule has 2 fully saturated rings. The van der Waals surface area contributed by atoms with E-state index in [4.69, 9.17) is 4.98 Å². The molecule has 152 valence electrons. The number of hydrogen-bond acceptors (Lipinski definition) is 2. The van der Waals surface area contributed by atoms with Crippen LogP contribution in [0.2, 0.25) is 0 Å². The van der Waals surface area contributed by atoms with Crippen molar-refractivity contribution in [1.82, 2.24) is 14.9 Å². The van der Waals surface area contributed by atoms with Gasteiger partial charge in [0.05, 0.1) is 17.1 Å². The minimum Gasteiger partial charge on any atom is -0.346 e. The molecule has 2 aliphatic rings. The number of rotatable bonds is 6. The fourth-order valence-electron chi connectivity index (χ4n) is 5.21. The zero-order valence-corrected chi connectivity index (χ0v) is 17.3. The number of aryl methyl sites for hydroxylation is 1. The van der Waals surface area contributed by atoms with Crippen LogP contribution >= 0.6 is 0 Å². The molecule has 1 aromatic carbocycles. The molecule has 0 bridgehead atoms. The second-order valence-electron chi connectivity index (χ2n) is 8.97. The van der Waals surface area contributed by atoms with Crippen LogP contribution in [-0.2, 0) is 11.3 Å². The quantitative estimate of drug-likeness (QED) is 0.691. The molecule has 4 nitrogen and oxygen atoms in total. The van der Waals surface area contributed by atoms with Crippen LogP contribution in [0.4, 0.5) is 0 Å². The van der Waals surface area contributed by atoms with Gasteiger partial charge in [-0.25, -0.2) is 4.98 Å². The van der Waals surface area contributed by atoms with Gasteiger partial charge in [0.15, 0.2) is 0 Å². The van der Waals surface area contributed by atoms with Gasteiger partial charge in [-0.15, -0.1) is 0 Å². The lowest BCUT2D eigenvalue weighted by molar-refractivity contribution is -0.126. The van der Waals surface area contributed by atoms with E-state index in [9.17, 15) is 4.79 Å². The van der Waals surface area contributed by atoms with Crippen LogP contribution in [-0.4, -0.2) is 15.5 Å². The Bertz CT molecular complexity index is 784. The van der Waals surface area contributed by atoms with E-state index in [1.54, 1.807) is 0 Å². The Labute approximate surface area is 169 Å². The normalized spacial score (nSPS) is 20.3. The molecule has 1 atom stereocenters. The number of imidazole rings is 1. The lowest BCUT2D eigenvalue weighted by Gasteiger charge is -2.25. The van der Waals surface area contributed by atoms with E-state index in [2.05, 4.69) is 41.1 Å². The minimum atomic E-state index is -0.0480. The number of aromatic nitrogens is 2. The maximum atomic E-state index is 12.8. The third-order valence-electron chi connectivity index (χ3n) is 6.89. The lowest BCUT2D eigenvalue weighted by Crippen LogP contribution is -2.35. The highest BCUT2D eigenvalue weighted by Crippen LogP contribution is 2.29. The summed E-state index contributed by atoms with van der Waals surface area (Å²) in [6.45, 7) is 3.10. The third-order valence-corrected chi connectivity index (χ3v) is 6.89. The molecule has 0 saturated heterocycles. The summed E-state index contributed by atoms with van der Waals surface area (Å²) in [6, 6.07) is 8.35. The molecule has 0 radical (unpaired) electrons. The predicted molar refractivity (Wildman–Crippen MR) is 114 cm³/mol. The fraction of sp³-hybridized carbons (Fsp3) is 0.667. The van der Waals surface area contributed by atoms with Crippen LogP contribution in [0.3, 0.4) is 0 Å². The van der Waals surface area contributed by atoms with E-state index < -0.39 is 0 Å². The molecule has 4 heteroatoms. The Morgan fingerprint density at radius 2 is 1.75 bits per heavy atom. The summed E-state index contributed by atoms with van der Waals surface area (Å²) in [6.07, 6.45) is 13.9. The summed E-state index contributed by atoms with van der Waals surface area (Å²) in [5.74, 6) is 2.27. The van der Waals surface area contributed by atoms with Gasteiger partial charge < -0.3 is 9.88 Å². The molecule has 1 amide bonds. The number of amides is 1. The molecule has 1 aromatic heterocycles. The number of hydrogen-bond donors (Lipinski definition) is 1. The van der Waals surface area contributed by atoms with E-state index in [1.807, 2.05) is 0 Å². The van der Waals surface area contributed by atoms with E-state index in [1.165, 1.54) is 63.3 Å². The van der Waals surface area contributed by atoms with Crippen LogP contribution in [0, 0.1) is 11.8 Å². The van der Waals surface area contributed by atoms with E-state index in [-0.39, 0.29) is 17.9 Å². The van der Waals surface area contributed by atoms with Gasteiger partial charge in [-0.3, -0.25) is 4.79 Å². The molecular formula is C24H35N3O. The van der Waals surface area contributed by atoms with Crippen molar-refractivity contribution in [2.24, 2.45) is 11.8 Å². The van der Waals surface area contributed by atoms with Crippen LogP contribution < -0.4 is 5.32 Å². The highest BCUT2D eigenvalue weighted by atomic mass is 16.1. The van der Waals surface area contributed by atoms with Crippen LogP contribution in [0.25, 0.3) is 11.0 Å². The SMILES string of the molecule is CC(NC(=O)C1CCCCC1)c1nc2ccccc2n1CCC1CCCCC1. The Hall–Kier alpha value is -1.84. The summed E-state index contributed by atoms with van der Waals surface area (Å²) in [5.41, 5.74) is 2.24. The van der Waals surface area contributed by atoms with Gasteiger partial charge in [0.1, 0.15) is 5.82 Å². The average molecular weight is 382 g/mol. The number of para-hydroxylation sites is 2. The second kappa shape index (κ2) is 9.11. The van der Waals surface area contributed by atoms with Crippen molar-refractivity contribution in [2.75, 3.05) is 0 Å². The van der Waals surface area contributed by atoms with Gasteiger partial charge in [0.25, 0.3) is 0 Å². The number of benzene rings is 1. The highest BCUT2D eigenvalue weighted by molar-refractivity contribution is 5.80. The smallest absolute Gasteiger partial charge is 0.223 e. The number of carbonyl (C=O) groups excluding carboxylic acids is 1. The summed E-state index contributed by atoms with van der Waals surface area (Å²) < 4.78 is 2.37. The largest absolute Gasteiger partial charge is 0.346 e. The zero-order chi connectivity index (χ0) is 19.3. The summed E-state index contributed by atoms with van der Waals surface area (Å²) in [4.78, 5) is 17.7. The van der Waals surface area contributed by atoms with Crippen LogP contribution in [0.1, 0.15) is 89.4 Å². The highest BCUT2D eigenvalue weighted by Gasteiger charge is 2.25. The fourth-order valence-corrected chi connectivity index (χ4v) is 5.21. The lowest BCUT2D eigenvalue weighted by atomic mass is 9.87. The molecule has 4 rings (SSSR count). The molecule has 1 unspecified atom stereocenters. The molecule has 1 N–H and O–H groups in total. The van der Waals surface area contributed by atoms with Gasteiger partial charge >= 0.3 is 0 Å². The summed E-state index contributed by atoms with van der Waals surface area (Å²) >= 11 is 0. The Kier molecular flexibility index (Phi) is 6.33. The van der Waals surface area contributed by atoms with Gasteiger partial charge in [-0.05, 0) is 44.2 Å².